The van der Waals surface area contributed by atoms with E-state index in [9.17, 15) is 4.79 Å². The number of aryl methyl sites for hydroxylation is 1. The molecule has 5 heteroatoms. The van der Waals surface area contributed by atoms with Gasteiger partial charge in [0.05, 0.1) is 12.7 Å². The first-order valence-corrected chi connectivity index (χ1v) is 12.0. The number of rotatable bonds is 5. The minimum atomic E-state index is 0.106. The molecule has 3 nitrogen and oxygen atoms in total. The maximum Gasteiger partial charge on any atom is 0.255 e. The predicted octanol–water partition coefficient (Wildman–Crippen LogP) is 6.98. The normalized spacial score (nSPS) is 18.3. The van der Waals surface area contributed by atoms with Gasteiger partial charge in [-0.25, -0.2) is 0 Å². The Morgan fingerprint density at radius 1 is 1.24 bits per heavy atom. The van der Waals surface area contributed by atoms with Crippen molar-refractivity contribution in [3.63, 3.8) is 0 Å². The molecule has 1 saturated carbocycles. The van der Waals surface area contributed by atoms with Gasteiger partial charge < -0.3 is 9.64 Å². The second-order valence-electron chi connectivity index (χ2n) is 8.61. The third-order valence-corrected chi connectivity index (χ3v) is 7.37. The van der Waals surface area contributed by atoms with Gasteiger partial charge in [-0.1, -0.05) is 54.8 Å². The van der Waals surface area contributed by atoms with Crippen molar-refractivity contribution in [2.45, 2.75) is 59.0 Å². The minimum absolute atomic E-state index is 0.106. The second-order valence-corrected chi connectivity index (χ2v) is 10.7. The van der Waals surface area contributed by atoms with Crippen LogP contribution in [0.1, 0.15) is 61.0 Å². The zero-order chi connectivity index (χ0) is 21.2. The summed E-state index contributed by atoms with van der Waals surface area (Å²) in [5.41, 5.74) is 3.07. The van der Waals surface area contributed by atoms with Crippen LogP contribution < -0.4 is 4.74 Å². The van der Waals surface area contributed by atoms with E-state index in [4.69, 9.17) is 4.74 Å². The Morgan fingerprint density at radius 2 is 1.93 bits per heavy atom. The fourth-order valence-electron chi connectivity index (χ4n) is 4.42. The van der Waals surface area contributed by atoms with E-state index in [-0.39, 0.29) is 17.4 Å². The Kier molecular flexibility index (Phi) is 7.31. The molecule has 0 bridgehead atoms. The molecule has 1 fully saturated rings. The van der Waals surface area contributed by atoms with E-state index in [0.717, 1.165) is 43.3 Å². The summed E-state index contributed by atoms with van der Waals surface area (Å²) in [6, 6.07) is 12.4. The van der Waals surface area contributed by atoms with E-state index in [1.165, 1.54) is 12.8 Å². The number of benzene rings is 2. The summed E-state index contributed by atoms with van der Waals surface area (Å²) in [5.74, 6) is 0.970. The lowest BCUT2D eigenvalue weighted by Gasteiger charge is -2.45. The van der Waals surface area contributed by atoms with Gasteiger partial charge in [0.1, 0.15) is 5.75 Å². The maximum absolute atomic E-state index is 13.9. The van der Waals surface area contributed by atoms with Crippen LogP contribution in [0.2, 0.25) is 0 Å². The van der Waals surface area contributed by atoms with Crippen LogP contribution in [0.15, 0.2) is 40.9 Å². The van der Waals surface area contributed by atoms with Gasteiger partial charge in [0.25, 0.3) is 5.91 Å². The molecular weight excluding hydrogens is 541 g/mol. The van der Waals surface area contributed by atoms with Crippen LogP contribution in [-0.4, -0.2) is 24.0 Å². The zero-order valence-corrected chi connectivity index (χ0v) is 21.3. The summed E-state index contributed by atoms with van der Waals surface area (Å²) in [4.78, 5) is 16.0. The quantitative estimate of drug-likeness (QED) is 0.363. The van der Waals surface area contributed by atoms with E-state index in [1.807, 2.05) is 31.2 Å². The first kappa shape index (κ1) is 22.6. The molecule has 3 rings (SSSR count). The fraction of sp³-hybridized carbons (Fsp3) is 0.458. The molecular formula is C24H29BrINO2. The van der Waals surface area contributed by atoms with Gasteiger partial charge in [0.15, 0.2) is 0 Å². The molecule has 1 atom stereocenters. The second kappa shape index (κ2) is 9.38. The smallest absolute Gasteiger partial charge is 0.255 e. The first-order chi connectivity index (χ1) is 13.7. The van der Waals surface area contributed by atoms with Crippen molar-refractivity contribution in [3.05, 3.63) is 61.1 Å². The summed E-state index contributed by atoms with van der Waals surface area (Å²) in [5, 5.41) is 0. The molecule has 0 heterocycles. The van der Waals surface area contributed by atoms with Crippen LogP contribution >= 0.6 is 38.5 Å². The molecule has 1 aliphatic rings. The lowest BCUT2D eigenvalue weighted by molar-refractivity contribution is 0.0307. The number of methoxy groups -OCH3 is 1. The van der Waals surface area contributed by atoms with Crippen molar-refractivity contribution < 1.29 is 9.53 Å². The van der Waals surface area contributed by atoms with Gasteiger partial charge in [-0.2, -0.15) is 0 Å². The summed E-state index contributed by atoms with van der Waals surface area (Å²) >= 11 is 5.84. The fourth-order valence-corrected chi connectivity index (χ4v) is 6.41. The van der Waals surface area contributed by atoms with Crippen molar-refractivity contribution in [1.29, 1.82) is 0 Å². The highest BCUT2D eigenvalue weighted by Gasteiger charge is 2.39. The molecule has 0 radical (unpaired) electrons. The molecule has 1 amide bonds. The molecule has 2 aromatic rings. The van der Waals surface area contributed by atoms with Gasteiger partial charge in [-0.05, 0) is 83.2 Å². The number of halogens is 2. The Bertz CT molecular complexity index is 856. The van der Waals surface area contributed by atoms with E-state index in [0.29, 0.717) is 6.54 Å². The van der Waals surface area contributed by atoms with Crippen LogP contribution in [0.25, 0.3) is 0 Å². The van der Waals surface area contributed by atoms with E-state index in [2.05, 4.69) is 69.4 Å². The number of hydrogen-bond donors (Lipinski definition) is 0. The molecule has 2 aromatic carbocycles. The average Bonchev–Trinajstić information content (AvgIpc) is 2.66. The average molecular weight is 570 g/mol. The first-order valence-electron chi connectivity index (χ1n) is 10.1. The standard InChI is InChI=1S/C24H29BrINO2/c1-16-13-18(25)14-20(26)22(16)23(28)27(21-7-5-6-12-24(21,2)3)15-17-8-10-19(29-4)11-9-17/h8-11,13-14,21H,5-7,12,15H2,1-4H3. The number of carbonyl (C=O) groups excluding carboxylic acids is 1. The molecule has 0 aromatic heterocycles. The number of amides is 1. The highest BCUT2D eigenvalue weighted by molar-refractivity contribution is 14.1. The molecule has 0 aliphatic heterocycles. The van der Waals surface area contributed by atoms with Crippen LogP contribution in [0, 0.1) is 15.9 Å². The third kappa shape index (κ3) is 5.16. The van der Waals surface area contributed by atoms with Crippen molar-refractivity contribution in [2.24, 2.45) is 5.41 Å². The van der Waals surface area contributed by atoms with Gasteiger partial charge in [0.2, 0.25) is 0 Å². The number of hydrogen-bond acceptors (Lipinski definition) is 2. The molecule has 0 spiro atoms. The molecule has 0 saturated heterocycles. The number of nitrogens with zero attached hydrogens (tertiary/aromatic N) is 1. The maximum atomic E-state index is 13.9. The van der Waals surface area contributed by atoms with Crippen molar-refractivity contribution >= 4 is 44.4 Å². The third-order valence-electron chi connectivity index (χ3n) is 6.07. The van der Waals surface area contributed by atoms with Crippen molar-refractivity contribution in [2.75, 3.05) is 7.11 Å². The zero-order valence-electron chi connectivity index (χ0n) is 17.6. The highest BCUT2D eigenvalue weighted by Crippen LogP contribution is 2.40. The van der Waals surface area contributed by atoms with E-state index >= 15 is 0 Å². The summed E-state index contributed by atoms with van der Waals surface area (Å²) in [6.07, 6.45) is 4.63. The largest absolute Gasteiger partial charge is 0.497 e. The Morgan fingerprint density at radius 3 is 2.52 bits per heavy atom. The molecule has 1 aliphatic carbocycles. The summed E-state index contributed by atoms with van der Waals surface area (Å²) in [6.45, 7) is 7.26. The van der Waals surface area contributed by atoms with Crippen molar-refractivity contribution in [3.8, 4) is 5.75 Å². The lowest BCUT2D eigenvalue weighted by atomic mass is 9.72. The van der Waals surface area contributed by atoms with Gasteiger partial charge in [-0.15, -0.1) is 0 Å². The van der Waals surface area contributed by atoms with Crippen molar-refractivity contribution in [1.82, 2.24) is 4.90 Å². The Labute approximate surface area is 196 Å². The summed E-state index contributed by atoms with van der Waals surface area (Å²) in [7, 11) is 1.67. The highest BCUT2D eigenvalue weighted by atomic mass is 127. The summed E-state index contributed by atoms with van der Waals surface area (Å²) < 4.78 is 7.30. The van der Waals surface area contributed by atoms with Crippen LogP contribution in [0.3, 0.4) is 0 Å². The molecule has 1 unspecified atom stereocenters. The Hall–Kier alpha value is -1.08. The van der Waals surface area contributed by atoms with E-state index in [1.54, 1.807) is 7.11 Å². The topological polar surface area (TPSA) is 29.5 Å². The van der Waals surface area contributed by atoms with Crippen LogP contribution in [-0.2, 0) is 6.54 Å². The Balaban J connectivity index is 2.01. The molecule has 0 N–H and O–H groups in total. The number of ether oxygens (including phenoxy) is 1. The lowest BCUT2D eigenvalue weighted by Crippen LogP contribution is -2.49. The number of carbonyl (C=O) groups is 1. The predicted molar refractivity (Wildman–Crippen MR) is 131 cm³/mol. The minimum Gasteiger partial charge on any atom is -0.497 e. The molecule has 156 valence electrons. The van der Waals surface area contributed by atoms with Crippen LogP contribution in [0.4, 0.5) is 0 Å². The SMILES string of the molecule is COc1ccc(CN(C(=O)c2c(C)cc(Br)cc2I)C2CCCCC2(C)C)cc1. The van der Waals surface area contributed by atoms with Gasteiger partial charge >= 0.3 is 0 Å². The van der Waals surface area contributed by atoms with Gasteiger partial charge in [-0.3, -0.25) is 4.79 Å². The van der Waals surface area contributed by atoms with Gasteiger partial charge in [0, 0.05) is 20.6 Å². The molecule has 29 heavy (non-hydrogen) atoms. The van der Waals surface area contributed by atoms with E-state index < -0.39 is 0 Å². The monoisotopic (exact) mass is 569 g/mol. The van der Waals surface area contributed by atoms with Crippen LogP contribution in [0.5, 0.6) is 5.75 Å².